The summed E-state index contributed by atoms with van der Waals surface area (Å²) in [6.07, 6.45) is -1.31. The van der Waals surface area contributed by atoms with Crippen molar-refractivity contribution in [3.8, 4) is 0 Å². The van der Waals surface area contributed by atoms with Crippen LogP contribution in [0.3, 0.4) is 0 Å². The Morgan fingerprint density at radius 2 is 1.89 bits per heavy atom. The third kappa shape index (κ3) is 4.54. The molecular weight excluding hydrogens is 392 g/mol. The molecule has 10 heteroatoms. The highest BCUT2D eigenvalue weighted by Gasteiger charge is 2.34. The molecule has 148 valence electrons. The van der Waals surface area contributed by atoms with Gasteiger partial charge in [0.05, 0.1) is 26.9 Å². The Hall–Kier alpha value is -1.81. The quantitative estimate of drug-likeness (QED) is 0.584. The topological polar surface area (TPSA) is 61.9 Å². The van der Waals surface area contributed by atoms with E-state index in [2.05, 4.69) is 31.0 Å². The van der Waals surface area contributed by atoms with E-state index < -0.39 is 37.1 Å². The van der Waals surface area contributed by atoms with Crippen LogP contribution in [0, 0.1) is 11.6 Å². The first kappa shape index (κ1) is 19.9. The molecule has 0 aromatic heterocycles. The van der Waals surface area contributed by atoms with Gasteiger partial charge < -0.3 is 15.0 Å². The number of halogens is 2. The van der Waals surface area contributed by atoms with Crippen LogP contribution in [0.25, 0.3) is 0 Å². The highest BCUT2D eigenvalue weighted by Crippen LogP contribution is 2.34. The second kappa shape index (κ2) is 7.67. The second-order valence-corrected chi connectivity index (χ2v) is 13.4. The van der Waals surface area contributed by atoms with E-state index in [0.29, 0.717) is 13.1 Å². The van der Waals surface area contributed by atoms with Crippen LogP contribution < -0.4 is 15.1 Å². The van der Waals surface area contributed by atoms with E-state index in [9.17, 15) is 18.4 Å². The monoisotopic (exact) mass is 415 g/mol. The molecule has 2 fully saturated rings. The number of cyclic esters (lactones) is 1. The Morgan fingerprint density at radius 3 is 2.44 bits per heavy atom. The van der Waals surface area contributed by atoms with Crippen LogP contribution in [-0.4, -0.2) is 51.7 Å². The van der Waals surface area contributed by atoms with E-state index in [4.69, 9.17) is 4.74 Å². The second-order valence-electron chi connectivity index (χ2n) is 7.71. The summed E-state index contributed by atoms with van der Waals surface area (Å²) in [5.74, 6) is -1.38. The van der Waals surface area contributed by atoms with Crippen LogP contribution in [-0.2, 0) is 4.74 Å². The van der Waals surface area contributed by atoms with Crippen molar-refractivity contribution in [2.24, 2.45) is 0 Å². The molecule has 2 amide bonds. The van der Waals surface area contributed by atoms with E-state index >= 15 is 0 Å². The van der Waals surface area contributed by atoms with Crippen molar-refractivity contribution >= 4 is 43.4 Å². The van der Waals surface area contributed by atoms with Gasteiger partial charge in [0.25, 0.3) is 5.24 Å². The van der Waals surface area contributed by atoms with Gasteiger partial charge in [-0.1, -0.05) is 25.7 Å². The minimum atomic E-state index is -1.26. The van der Waals surface area contributed by atoms with Gasteiger partial charge in [-0.3, -0.25) is 9.69 Å². The normalized spacial score (nSPS) is 22.0. The van der Waals surface area contributed by atoms with E-state index in [1.165, 1.54) is 0 Å². The van der Waals surface area contributed by atoms with Gasteiger partial charge in [-0.2, -0.15) is 0 Å². The van der Waals surface area contributed by atoms with E-state index in [1.54, 1.807) is 4.90 Å². The molecule has 27 heavy (non-hydrogen) atoms. The summed E-state index contributed by atoms with van der Waals surface area (Å²) in [5.41, 5.74) is 0.0693. The molecule has 2 heterocycles. The van der Waals surface area contributed by atoms with Gasteiger partial charge in [-0.25, -0.2) is 13.6 Å². The number of ether oxygens (including phenoxy) is 1. The maximum absolute atomic E-state index is 14.7. The first-order valence-corrected chi connectivity index (χ1v) is 12.7. The fourth-order valence-electron chi connectivity index (χ4n) is 3.39. The van der Waals surface area contributed by atoms with Gasteiger partial charge in [-0.15, -0.1) is 0 Å². The lowest BCUT2D eigenvalue weighted by Gasteiger charge is -2.37. The van der Waals surface area contributed by atoms with E-state index in [1.807, 2.05) is 0 Å². The fraction of sp³-hybridized carbons (Fsp3) is 0.529. The number of nitrogens with one attached hydrogen (secondary N) is 1. The van der Waals surface area contributed by atoms with Crippen molar-refractivity contribution in [2.75, 3.05) is 36.0 Å². The molecule has 1 aromatic carbocycles. The number of rotatable bonds is 4. The molecule has 1 aromatic rings. The van der Waals surface area contributed by atoms with Crippen molar-refractivity contribution in [1.82, 2.24) is 5.32 Å². The number of hydrogen-bond acceptors (Lipinski definition) is 4. The predicted molar refractivity (Wildman–Crippen MR) is 106 cm³/mol. The van der Waals surface area contributed by atoms with Crippen LogP contribution in [0.4, 0.5) is 29.7 Å². The summed E-state index contributed by atoms with van der Waals surface area (Å²) < 4.78 is 34.5. The average Bonchev–Trinajstić information content (AvgIpc) is 2.94. The highest BCUT2D eigenvalue weighted by molar-refractivity contribution is 7.96. The van der Waals surface area contributed by atoms with Crippen LogP contribution in [0.5, 0.6) is 0 Å². The number of nitrogens with zero attached hydrogens (tertiary/aromatic N) is 2. The standard InChI is InChI=1S/C17H23F2N3O3SSi/c1-27(2)5-3-21(4-6-27)15-13(18)7-11(8-14(15)19)22-10-12(25-17(22)24)9-20-16(23)26/h7-8,12H,3-6,9-10H2,1-2H3,(H2,20,23,26)/t12-/m0/s1. The van der Waals surface area contributed by atoms with Crippen LogP contribution in [0.2, 0.25) is 25.2 Å². The summed E-state index contributed by atoms with van der Waals surface area (Å²) >= 11 is 3.58. The number of thiol groups is 1. The van der Waals surface area contributed by atoms with Gasteiger partial charge in [0.15, 0.2) is 11.6 Å². The predicted octanol–water partition coefficient (Wildman–Crippen LogP) is 3.46. The van der Waals surface area contributed by atoms with Gasteiger partial charge in [0.2, 0.25) is 0 Å². The molecule has 0 aliphatic carbocycles. The number of hydrogen-bond donors (Lipinski definition) is 2. The summed E-state index contributed by atoms with van der Waals surface area (Å²) in [4.78, 5) is 25.8. The molecule has 2 aliphatic rings. The van der Waals surface area contributed by atoms with Crippen molar-refractivity contribution < 1.29 is 23.1 Å². The Kier molecular flexibility index (Phi) is 5.66. The largest absolute Gasteiger partial charge is 0.442 e. The molecule has 2 aliphatic heterocycles. The van der Waals surface area contributed by atoms with Gasteiger partial charge in [-0.05, 0) is 12.1 Å². The summed E-state index contributed by atoms with van der Waals surface area (Å²) in [6.45, 7) is 6.03. The minimum absolute atomic E-state index is 0.0327. The first-order chi connectivity index (χ1) is 12.7. The lowest BCUT2D eigenvalue weighted by molar-refractivity contribution is 0.141. The maximum atomic E-state index is 14.7. The number of amides is 2. The fourth-order valence-corrected chi connectivity index (χ4v) is 5.48. The van der Waals surface area contributed by atoms with Gasteiger partial charge in [0.1, 0.15) is 11.8 Å². The molecule has 0 unspecified atom stereocenters. The zero-order chi connectivity index (χ0) is 19.8. The highest BCUT2D eigenvalue weighted by atomic mass is 32.1. The van der Waals surface area contributed by atoms with Gasteiger partial charge >= 0.3 is 6.09 Å². The molecule has 6 nitrogen and oxygen atoms in total. The number of benzene rings is 1. The zero-order valence-corrected chi connectivity index (χ0v) is 17.2. The summed E-state index contributed by atoms with van der Waals surface area (Å²) in [6, 6.07) is 4.31. The summed E-state index contributed by atoms with van der Waals surface area (Å²) in [7, 11) is -1.26. The van der Waals surface area contributed by atoms with Crippen molar-refractivity contribution in [3.63, 3.8) is 0 Å². The van der Waals surface area contributed by atoms with Crippen LogP contribution >= 0.6 is 12.6 Å². The Morgan fingerprint density at radius 1 is 1.30 bits per heavy atom. The van der Waals surface area contributed by atoms with E-state index in [-0.39, 0.29) is 24.5 Å². The van der Waals surface area contributed by atoms with E-state index in [0.717, 1.165) is 29.1 Å². The SMILES string of the molecule is C[Si]1(C)CCN(c2c(F)cc(N3C[C@H](CNC(=O)S)OC3=O)cc2F)CC1. The molecule has 0 radical (unpaired) electrons. The maximum Gasteiger partial charge on any atom is 0.414 e. The molecular formula is C17H23F2N3O3SSi. The van der Waals surface area contributed by atoms with Gasteiger partial charge in [0, 0.05) is 25.2 Å². The lowest BCUT2D eigenvalue weighted by atomic mass is 10.2. The van der Waals surface area contributed by atoms with Crippen LogP contribution in [0.15, 0.2) is 12.1 Å². The zero-order valence-electron chi connectivity index (χ0n) is 15.3. The van der Waals surface area contributed by atoms with Crippen molar-refractivity contribution in [2.45, 2.75) is 31.3 Å². The minimum Gasteiger partial charge on any atom is -0.442 e. The van der Waals surface area contributed by atoms with Crippen molar-refractivity contribution in [3.05, 3.63) is 23.8 Å². The molecule has 2 saturated heterocycles. The lowest BCUT2D eigenvalue weighted by Crippen LogP contribution is -2.43. The number of carbonyl (C=O) groups excluding carboxylic acids is 2. The average molecular weight is 416 g/mol. The summed E-state index contributed by atoms with van der Waals surface area (Å²) in [5, 5.41) is 1.89. The Balaban J connectivity index is 1.75. The van der Waals surface area contributed by atoms with Crippen molar-refractivity contribution in [1.29, 1.82) is 0 Å². The third-order valence-electron chi connectivity index (χ3n) is 5.10. The Bertz CT molecular complexity index is 732. The number of anilines is 2. The molecule has 0 spiro atoms. The number of carbonyl (C=O) groups is 2. The first-order valence-electron chi connectivity index (χ1n) is 8.85. The molecule has 1 atom stereocenters. The molecule has 1 N–H and O–H groups in total. The molecule has 0 saturated carbocycles. The Labute approximate surface area is 163 Å². The molecule has 3 rings (SSSR count). The van der Waals surface area contributed by atoms with Crippen LogP contribution in [0.1, 0.15) is 0 Å². The smallest absolute Gasteiger partial charge is 0.414 e. The molecule has 0 bridgehead atoms. The third-order valence-corrected chi connectivity index (χ3v) is 8.41.